The van der Waals surface area contributed by atoms with Crippen LogP contribution >= 0.6 is 0 Å². The fourth-order valence-electron chi connectivity index (χ4n) is 3.44. The van der Waals surface area contributed by atoms with Crippen LogP contribution in [0, 0.1) is 13.8 Å². The summed E-state index contributed by atoms with van der Waals surface area (Å²) in [5, 5.41) is 2.27. The highest BCUT2D eigenvalue weighted by Crippen LogP contribution is 2.26. The number of aryl methyl sites for hydroxylation is 2. The van der Waals surface area contributed by atoms with Gasteiger partial charge >= 0.3 is 6.03 Å². The third-order valence-electron chi connectivity index (χ3n) is 4.87. The Kier molecular flexibility index (Phi) is 4.60. The van der Waals surface area contributed by atoms with Crippen LogP contribution in [0.15, 0.2) is 72.3 Å². The number of barbiturate groups is 1. The summed E-state index contributed by atoms with van der Waals surface area (Å²) < 4.78 is 1.95. The van der Waals surface area contributed by atoms with Crippen LogP contribution in [0.3, 0.4) is 0 Å². The molecule has 4 amide bonds. The van der Waals surface area contributed by atoms with Crippen molar-refractivity contribution in [1.29, 1.82) is 0 Å². The summed E-state index contributed by atoms with van der Waals surface area (Å²) >= 11 is 0. The number of nitrogens with zero attached hydrogens (tertiary/aromatic N) is 2. The second-order valence-corrected chi connectivity index (χ2v) is 6.81. The Morgan fingerprint density at radius 1 is 0.828 bits per heavy atom. The number of carbonyl (C=O) groups is 3. The van der Waals surface area contributed by atoms with Crippen LogP contribution < -0.4 is 10.2 Å². The van der Waals surface area contributed by atoms with Gasteiger partial charge in [0.25, 0.3) is 11.8 Å². The molecule has 0 atom stereocenters. The fraction of sp³-hybridized carbons (Fsp3) is 0.0870. The van der Waals surface area contributed by atoms with Crippen molar-refractivity contribution in [3.05, 3.63) is 89.3 Å². The standard InChI is InChI=1S/C23H19N3O3/c1-15-8-6-7-11-20(15)26-22(28)19(21(27)24-23(26)29)14-18-13-12-16(2)25(18)17-9-4-3-5-10-17/h3-14H,1-2H3,(H,24,27,29)/b19-14+. The Hall–Kier alpha value is -3.93. The third-order valence-corrected chi connectivity index (χ3v) is 4.87. The lowest BCUT2D eigenvalue weighted by atomic mass is 10.1. The van der Waals surface area contributed by atoms with Crippen LogP contribution in [0.2, 0.25) is 0 Å². The van der Waals surface area contributed by atoms with E-state index < -0.39 is 17.8 Å². The molecule has 1 fully saturated rings. The smallest absolute Gasteiger partial charge is 0.314 e. The van der Waals surface area contributed by atoms with Gasteiger partial charge in [0, 0.05) is 17.1 Å². The van der Waals surface area contributed by atoms with E-state index >= 15 is 0 Å². The Morgan fingerprint density at radius 3 is 2.24 bits per heavy atom. The van der Waals surface area contributed by atoms with Crippen LogP contribution in [0.1, 0.15) is 17.0 Å². The number of urea groups is 1. The number of rotatable bonds is 3. The van der Waals surface area contributed by atoms with Crippen molar-refractivity contribution < 1.29 is 14.4 Å². The van der Waals surface area contributed by atoms with E-state index in [9.17, 15) is 14.4 Å². The lowest BCUT2D eigenvalue weighted by Gasteiger charge is -2.27. The van der Waals surface area contributed by atoms with E-state index in [0.29, 0.717) is 11.4 Å². The number of imide groups is 2. The molecular formula is C23H19N3O3. The normalized spacial score (nSPS) is 15.7. The zero-order valence-corrected chi connectivity index (χ0v) is 16.0. The Bertz CT molecular complexity index is 1160. The summed E-state index contributed by atoms with van der Waals surface area (Å²) in [6.45, 7) is 3.75. The van der Waals surface area contributed by atoms with E-state index in [-0.39, 0.29) is 5.57 Å². The van der Waals surface area contributed by atoms with E-state index in [0.717, 1.165) is 21.8 Å². The monoisotopic (exact) mass is 385 g/mol. The number of aromatic nitrogens is 1. The van der Waals surface area contributed by atoms with Gasteiger partial charge in [0.1, 0.15) is 5.57 Å². The number of nitrogens with one attached hydrogen (secondary N) is 1. The molecule has 1 aliphatic heterocycles. The molecule has 1 saturated heterocycles. The van der Waals surface area contributed by atoms with Gasteiger partial charge in [-0.05, 0) is 55.8 Å². The first kappa shape index (κ1) is 18.4. The highest BCUT2D eigenvalue weighted by Gasteiger charge is 2.37. The molecule has 0 aliphatic carbocycles. The van der Waals surface area contributed by atoms with Crippen molar-refractivity contribution in [2.45, 2.75) is 13.8 Å². The number of para-hydroxylation sites is 2. The van der Waals surface area contributed by atoms with Gasteiger partial charge in [0.2, 0.25) is 0 Å². The minimum Gasteiger partial charge on any atom is -0.314 e. The molecule has 144 valence electrons. The summed E-state index contributed by atoms with van der Waals surface area (Å²) in [5.41, 5.74) is 3.65. The molecule has 0 bridgehead atoms. The first-order valence-electron chi connectivity index (χ1n) is 9.18. The summed E-state index contributed by atoms with van der Waals surface area (Å²) in [6, 6.07) is 19.7. The van der Waals surface area contributed by atoms with Crippen molar-refractivity contribution >= 4 is 29.6 Å². The highest BCUT2D eigenvalue weighted by atomic mass is 16.2. The molecule has 4 rings (SSSR count). The van der Waals surface area contributed by atoms with Crippen LogP contribution in [0.25, 0.3) is 11.8 Å². The molecule has 0 saturated carbocycles. The molecule has 2 aromatic carbocycles. The summed E-state index contributed by atoms with van der Waals surface area (Å²) in [7, 11) is 0. The molecule has 1 N–H and O–H groups in total. The Labute approximate surface area is 168 Å². The van der Waals surface area contributed by atoms with E-state index in [4.69, 9.17) is 0 Å². The van der Waals surface area contributed by atoms with Gasteiger partial charge in [-0.3, -0.25) is 14.9 Å². The lowest BCUT2D eigenvalue weighted by Crippen LogP contribution is -2.54. The van der Waals surface area contributed by atoms with Crippen molar-refractivity contribution in [2.24, 2.45) is 0 Å². The Balaban J connectivity index is 1.80. The SMILES string of the molecule is Cc1ccccc1N1C(=O)NC(=O)/C(=C\c2ccc(C)n2-c2ccccc2)C1=O. The van der Waals surface area contributed by atoms with Crippen LogP contribution in [0.4, 0.5) is 10.5 Å². The van der Waals surface area contributed by atoms with Crippen LogP contribution in [0.5, 0.6) is 0 Å². The second kappa shape index (κ2) is 7.24. The summed E-state index contributed by atoms with van der Waals surface area (Å²) in [4.78, 5) is 39.0. The molecule has 6 heteroatoms. The maximum Gasteiger partial charge on any atom is 0.335 e. The predicted molar refractivity (Wildman–Crippen MR) is 111 cm³/mol. The molecule has 29 heavy (non-hydrogen) atoms. The molecule has 0 spiro atoms. The fourth-order valence-corrected chi connectivity index (χ4v) is 3.44. The molecule has 3 aromatic rings. The van der Waals surface area contributed by atoms with Gasteiger partial charge in [-0.25, -0.2) is 9.69 Å². The maximum atomic E-state index is 13.1. The first-order valence-corrected chi connectivity index (χ1v) is 9.18. The summed E-state index contributed by atoms with van der Waals surface area (Å²) in [5.74, 6) is -1.35. The quantitative estimate of drug-likeness (QED) is 0.551. The number of hydrogen-bond acceptors (Lipinski definition) is 3. The number of anilines is 1. The predicted octanol–water partition coefficient (Wildman–Crippen LogP) is 3.76. The molecule has 1 aromatic heterocycles. The molecule has 0 unspecified atom stereocenters. The average Bonchev–Trinajstić information content (AvgIpc) is 3.07. The summed E-state index contributed by atoms with van der Waals surface area (Å²) in [6.07, 6.45) is 1.52. The lowest BCUT2D eigenvalue weighted by molar-refractivity contribution is -0.122. The van der Waals surface area contributed by atoms with E-state index in [2.05, 4.69) is 5.32 Å². The van der Waals surface area contributed by atoms with Crippen LogP contribution in [-0.4, -0.2) is 22.4 Å². The first-order chi connectivity index (χ1) is 14.0. The van der Waals surface area contributed by atoms with Gasteiger partial charge in [0.05, 0.1) is 5.69 Å². The maximum absolute atomic E-state index is 13.1. The van der Waals surface area contributed by atoms with E-state index in [1.807, 2.05) is 60.0 Å². The van der Waals surface area contributed by atoms with Crippen molar-refractivity contribution in [2.75, 3.05) is 4.90 Å². The molecule has 1 aliphatic rings. The van der Waals surface area contributed by atoms with Gasteiger partial charge < -0.3 is 4.57 Å². The second-order valence-electron chi connectivity index (χ2n) is 6.81. The average molecular weight is 385 g/mol. The number of carbonyl (C=O) groups excluding carboxylic acids is 3. The highest BCUT2D eigenvalue weighted by molar-refractivity contribution is 6.39. The topological polar surface area (TPSA) is 71.4 Å². The number of benzene rings is 2. The van der Waals surface area contributed by atoms with Gasteiger partial charge in [-0.15, -0.1) is 0 Å². The largest absolute Gasteiger partial charge is 0.335 e. The molecule has 0 radical (unpaired) electrons. The zero-order chi connectivity index (χ0) is 20.5. The van der Waals surface area contributed by atoms with E-state index in [1.165, 1.54) is 6.08 Å². The van der Waals surface area contributed by atoms with Crippen molar-refractivity contribution in [3.8, 4) is 5.69 Å². The van der Waals surface area contributed by atoms with E-state index in [1.54, 1.807) is 25.1 Å². The number of amides is 4. The molecular weight excluding hydrogens is 366 g/mol. The zero-order valence-electron chi connectivity index (χ0n) is 16.0. The van der Waals surface area contributed by atoms with Crippen LogP contribution in [-0.2, 0) is 9.59 Å². The van der Waals surface area contributed by atoms with Crippen molar-refractivity contribution in [1.82, 2.24) is 9.88 Å². The van der Waals surface area contributed by atoms with Gasteiger partial charge in [-0.2, -0.15) is 0 Å². The minimum absolute atomic E-state index is 0.0943. The third kappa shape index (κ3) is 3.25. The molecule has 6 nitrogen and oxygen atoms in total. The van der Waals surface area contributed by atoms with Gasteiger partial charge in [-0.1, -0.05) is 36.4 Å². The van der Waals surface area contributed by atoms with Crippen molar-refractivity contribution in [3.63, 3.8) is 0 Å². The van der Waals surface area contributed by atoms with Gasteiger partial charge in [0.15, 0.2) is 0 Å². The number of hydrogen-bond donors (Lipinski definition) is 1. The Morgan fingerprint density at radius 2 is 1.52 bits per heavy atom. The minimum atomic E-state index is -0.749. The molecule has 2 heterocycles.